The van der Waals surface area contributed by atoms with Gasteiger partial charge in [-0.1, -0.05) is 0 Å². The summed E-state index contributed by atoms with van der Waals surface area (Å²) in [4.78, 5) is 0. The molecule has 0 aromatic heterocycles. The zero-order valence-electron chi connectivity index (χ0n) is 8.26. The molecule has 0 aromatic rings. The van der Waals surface area contributed by atoms with E-state index >= 15 is 0 Å². The van der Waals surface area contributed by atoms with Gasteiger partial charge in [0.15, 0.2) is 5.79 Å². The van der Waals surface area contributed by atoms with E-state index in [1.165, 1.54) is 0 Å². The number of hydrogen-bond acceptors (Lipinski definition) is 6. The van der Waals surface area contributed by atoms with Crippen LogP contribution in [-0.2, 0) is 20.1 Å². The Balaban J connectivity index is 0. The summed E-state index contributed by atoms with van der Waals surface area (Å²) in [5, 5.41) is 8.47. The molecular formula is C6H11NaO6S. The molecule has 0 bridgehead atoms. The number of hydrogen-bond donors (Lipinski definition) is 1. The molecule has 1 aliphatic heterocycles. The van der Waals surface area contributed by atoms with Crippen LogP contribution in [0.25, 0.3) is 0 Å². The van der Waals surface area contributed by atoms with Crippen LogP contribution < -0.4 is 29.6 Å². The zero-order valence-corrected chi connectivity index (χ0v) is 11.1. The second-order valence-corrected chi connectivity index (χ2v) is 3.13. The van der Waals surface area contributed by atoms with Gasteiger partial charge in [0, 0.05) is 0 Å². The van der Waals surface area contributed by atoms with Crippen LogP contribution >= 0.6 is 0 Å². The minimum atomic E-state index is -3.11. The molecule has 1 saturated heterocycles. The Kier molecular flexibility index (Phi) is 9.36. The molecule has 1 N–H and O–H groups in total. The fourth-order valence-electron chi connectivity index (χ4n) is 0.789. The molecule has 14 heavy (non-hydrogen) atoms. The van der Waals surface area contributed by atoms with Gasteiger partial charge in [0.2, 0.25) is 0 Å². The average molecular weight is 234 g/mol. The Labute approximate surface area is 106 Å². The number of ether oxygens (including phenoxy) is 2. The fourth-order valence-corrected chi connectivity index (χ4v) is 0.789. The van der Waals surface area contributed by atoms with Crippen LogP contribution in [0.1, 0.15) is 13.8 Å². The standard InChI is InChI=1S/C6H11O3.Na.O3S/c1-6(2)8-4-5(3-7)9-6;;1-4(2)3/h3,5,7H,4H2,1-2H3;;/q-1;+1;. The second kappa shape index (κ2) is 7.75. The van der Waals surface area contributed by atoms with Gasteiger partial charge in [-0.15, -0.1) is 12.6 Å². The third-order valence-corrected chi connectivity index (χ3v) is 1.20. The van der Waals surface area contributed by atoms with E-state index in [9.17, 15) is 0 Å². The van der Waals surface area contributed by atoms with Crippen molar-refractivity contribution in [2.24, 2.45) is 0 Å². The first-order chi connectivity index (χ1) is 5.87. The minimum absolute atomic E-state index is 0. The molecule has 0 saturated carbocycles. The van der Waals surface area contributed by atoms with Crippen LogP contribution in [0.3, 0.4) is 0 Å². The molecule has 1 fully saturated rings. The van der Waals surface area contributed by atoms with Crippen LogP contribution in [0.4, 0.5) is 0 Å². The van der Waals surface area contributed by atoms with Crippen LogP contribution in [0.5, 0.6) is 0 Å². The number of aliphatic hydroxyl groups excluding tert-OH is 1. The Morgan fingerprint density at radius 2 is 1.86 bits per heavy atom. The maximum atomic E-state index is 8.47. The van der Waals surface area contributed by atoms with E-state index in [-0.39, 0.29) is 35.7 Å². The molecule has 6 nitrogen and oxygen atoms in total. The van der Waals surface area contributed by atoms with Crippen molar-refractivity contribution in [2.75, 3.05) is 6.61 Å². The third-order valence-electron chi connectivity index (χ3n) is 1.20. The van der Waals surface area contributed by atoms with Crippen molar-refractivity contribution >= 4 is 10.6 Å². The summed E-state index contributed by atoms with van der Waals surface area (Å²) in [6.45, 7) is 5.09. The van der Waals surface area contributed by atoms with E-state index in [1.807, 2.05) is 13.8 Å². The van der Waals surface area contributed by atoms with Gasteiger partial charge in [-0.3, -0.25) is 0 Å². The molecule has 1 atom stereocenters. The molecule has 78 valence electrons. The summed E-state index contributed by atoms with van der Waals surface area (Å²) in [6, 6.07) is 0. The molecule has 0 aliphatic carbocycles. The Morgan fingerprint density at radius 1 is 1.43 bits per heavy atom. The summed E-state index contributed by atoms with van der Waals surface area (Å²) < 4.78 is 35.6. The molecule has 1 rings (SSSR count). The molecule has 8 heteroatoms. The third kappa shape index (κ3) is 9.07. The van der Waals surface area contributed by atoms with Crippen molar-refractivity contribution in [2.45, 2.75) is 25.7 Å². The van der Waals surface area contributed by atoms with E-state index in [0.717, 1.165) is 6.61 Å². The molecule has 0 radical (unpaired) electrons. The van der Waals surface area contributed by atoms with Crippen molar-refractivity contribution in [3.05, 3.63) is 6.61 Å². The fraction of sp³-hybridized carbons (Fsp3) is 0.833. The summed E-state index contributed by atoms with van der Waals surface area (Å²) in [6.07, 6.45) is -0.250. The summed E-state index contributed by atoms with van der Waals surface area (Å²) >= 11 is 0. The van der Waals surface area contributed by atoms with Gasteiger partial charge in [-0.25, -0.2) is 0 Å². The molecule has 1 heterocycles. The number of aliphatic hydroxyl groups is 1. The van der Waals surface area contributed by atoms with E-state index < -0.39 is 16.4 Å². The van der Waals surface area contributed by atoms with E-state index in [4.69, 9.17) is 27.2 Å². The van der Waals surface area contributed by atoms with E-state index in [1.54, 1.807) is 0 Å². The second-order valence-electron chi connectivity index (χ2n) is 2.72. The monoisotopic (exact) mass is 234 g/mol. The van der Waals surface area contributed by atoms with Crippen LogP contribution in [0.2, 0.25) is 0 Å². The van der Waals surface area contributed by atoms with E-state index in [2.05, 4.69) is 0 Å². The molecule has 1 aliphatic rings. The SMILES string of the molecule is CC1(C)OCC([CH-]O)O1.O=S(=O)=O.[Na+]. The van der Waals surface area contributed by atoms with Gasteiger partial charge in [0.25, 0.3) is 0 Å². The van der Waals surface area contributed by atoms with Crippen molar-refractivity contribution in [3.63, 3.8) is 0 Å². The predicted octanol–water partition coefficient (Wildman–Crippen LogP) is -3.33. The van der Waals surface area contributed by atoms with Gasteiger partial charge < -0.3 is 14.6 Å². The normalized spacial score (nSPS) is 22.9. The molecule has 0 aromatic carbocycles. The maximum Gasteiger partial charge on any atom is 1.00 e. The van der Waals surface area contributed by atoms with Crippen molar-refractivity contribution in [1.82, 2.24) is 0 Å². The quantitative estimate of drug-likeness (QED) is 0.377. The van der Waals surface area contributed by atoms with Crippen molar-refractivity contribution < 1.29 is 56.8 Å². The first-order valence-corrected chi connectivity index (χ1v) is 4.43. The average Bonchev–Trinajstić information content (AvgIpc) is 2.28. The Hall–Kier alpha value is 0.500. The first-order valence-electron chi connectivity index (χ1n) is 3.43. The van der Waals surface area contributed by atoms with Gasteiger partial charge >= 0.3 is 40.2 Å². The first kappa shape index (κ1) is 16.9. The largest absolute Gasteiger partial charge is 1.00 e. The minimum Gasteiger partial charge on any atom is -0.563 e. The molecule has 0 amide bonds. The van der Waals surface area contributed by atoms with Crippen molar-refractivity contribution in [3.8, 4) is 0 Å². The van der Waals surface area contributed by atoms with Crippen LogP contribution in [0, 0.1) is 6.61 Å². The Bertz CT molecular complexity index is 240. The zero-order chi connectivity index (χ0) is 10.5. The van der Waals surface area contributed by atoms with Crippen molar-refractivity contribution in [1.29, 1.82) is 0 Å². The van der Waals surface area contributed by atoms with Gasteiger partial charge in [0.05, 0.1) is 6.61 Å². The molecule has 0 spiro atoms. The predicted molar refractivity (Wildman–Crippen MR) is 40.8 cm³/mol. The topological polar surface area (TPSA) is 89.9 Å². The summed E-state index contributed by atoms with van der Waals surface area (Å²) in [5.41, 5.74) is 0. The van der Waals surface area contributed by atoms with Gasteiger partial charge in [-0.2, -0.15) is 6.61 Å². The van der Waals surface area contributed by atoms with Gasteiger partial charge in [0.1, 0.15) is 0 Å². The smallest absolute Gasteiger partial charge is 0.563 e. The summed E-state index contributed by atoms with van der Waals surface area (Å²) in [5.74, 6) is -0.524. The number of rotatable bonds is 1. The summed E-state index contributed by atoms with van der Waals surface area (Å²) in [7, 11) is -3.11. The van der Waals surface area contributed by atoms with Crippen LogP contribution in [0.15, 0.2) is 0 Å². The van der Waals surface area contributed by atoms with Gasteiger partial charge in [-0.05, 0) is 20.0 Å². The maximum absolute atomic E-state index is 8.47. The van der Waals surface area contributed by atoms with E-state index in [0.29, 0.717) is 6.61 Å². The molecular weight excluding hydrogens is 223 g/mol. The molecule has 1 unspecified atom stereocenters. The van der Waals surface area contributed by atoms with Crippen LogP contribution in [-0.4, -0.2) is 36.2 Å². The Morgan fingerprint density at radius 3 is 2.00 bits per heavy atom.